The molecule has 2 aliphatic rings. The van der Waals surface area contributed by atoms with Gasteiger partial charge in [0.1, 0.15) is 5.82 Å². The van der Waals surface area contributed by atoms with Gasteiger partial charge in [-0.1, -0.05) is 6.92 Å². The van der Waals surface area contributed by atoms with Crippen LogP contribution in [0.25, 0.3) is 0 Å². The highest BCUT2D eigenvalue weighted by Gasteiger charge is 2.28. The van der Waals surface area contributed by atoms with E-state index < -0.39 is 0 Å². The number of pyridine rings is 1. The molecule has 0 aromatic carbocycles. The van der Waals surface area contributed by atoms with Crippen molar-refractivity contribution < 1.29 is 4.79 Å². The van der Waals surface area contributed by atoms with Crippen molar-refractivity contribution >= 4 is 17.4 Å². The number of fused-ring (bicyclic) bond motifs is 2. The second-order valence-corrected chi connectivity index (χ2v) is 5.08. The first-order valence-electron chi connectivity index (χ1n) is 6.27. The van der Waals surface area contributed by atoms with E-state index in [0.717, 1.165) is 29.8 Å². The molecule has 0 radical (unpaired) electrons. The molecule has 0 bridgehead atoms. The van der Waals surface area contributed by atoms with E-state index in [4.69, 9.17) is 5.73 Å². The summed E-state index contributed by atoms with van der Waals surface area (Å²) in [4.78, 5) is 16.2. The van der Waals surface area contributed by atoms with Crippen LogP contribution in [0.3, 0.4) is 0 Å². The molecule has 3 N–H and O–H groups in total. The van der Waals surface area contributed by atoms with Gasteiger partial charge in [0.15, 0.2) is 0 Å². The summed E-state index contributed by atoms with van der Waals surface area (Å²) < 4.78 is 0. The monoisotopic (exact) mass is 231 g/mol. The fourth-order valence-electron chi connectivity index (χ4n) is 2.76. The molecule has 0 fully saturated rings. The highest BCUT2D eigenvalue weighted by molar-refractivity contribution is 5.95. The predicted octanol–water partition coefficient (Wildman–Crippen LogP) is 1.67. The molecule has 3 rings (SSSR count). The third-order valence-electron chi connectivity index (χ3n) is 3.82. The van der Waals surface area contributed by atoms with Crippen molar-refractivity contribution in [1.82, 2.24) is 4.98 Å². The highest BCUT2D eigenvalue weighted by atomic mass is 16.2. The average Bonchev–Trinajstić information content (AvgIpc) is 2.32. The minimum atomic E-state index is -0.00626. The van der Waals surface area contributed by atoms with Crippen molar-refractivity contribution in [1.29, 1.82) is 0 Å². The molecule has 4 heteroatoms. The van der Waals surface area contributed by atoms with Gasteiger partial charge in [-0.05, 0) is 37.7 Å². The van der Waals surface area contributed by atoms with E-state index in [1.54, 1.807) is 0 Å². The summed E-state index contributed by atoms with van der Waals surface area (Å²) in [7, 11) is 0. The fourth-order valence-corrected chi connectivity index (χ4v) is 2.76. The summed E-state index contributed by atoms with van der Waals surface area (Å²) in [6.07, 6.45) is 5.09. The van der Waals surface area contributed by atoms with Crippen molar-refractivity contribution in [3.8, 4) is 0 Å². The predicted molar refractivity (Wildman–Crippen MR) is 66.8 cm³/mol. The lowest BCUT2D eigenvalue weighted by atomic mass is 9.88. The molecule has 1 aromatic heterocycles. The molecule has 1 aliphatic carbocycles. The normalized spacial score (nSPS) is 22.6. The Morgan fingerprint density at radius 2 is 2.06 bits per heavy atom. The van der Waals surface area contributed by atoms with Gasteiger partial charge < -0.3 is 11.1 Å². The van der Waals surface area contributed by atoms with Crippen LogP contribution in [0.1, 0.15) is 36.6 Å². The van der Waals surface area contributed by atoms with Gasteiger partial charge in [-0.2, -0.15) is 0 Å². The standard InChI is InChI=1S/C13H17N3O/c1-7-6-9-11(14)8-4-2-3-5-10(8)15-12(9)16-13(7)17/h7H,2-6H2,1H3,(H3,14,15,16,17)/t7-/m1/s1. The van der Waals surface area contributed by atoms with Crippen LogP contribution in [0.2, 0.25) is 0 Å². The van der Waals surface area contributed by atoms with E-state index in [1.807, 2.05) is 6.92 Å². The maximum atomic E-state index is 11.6. The second kappa shape index (κ2) is 3.72. The number of carbonyl (C=O) groups excluding carboxylic acids is 1. The Bertz CT molecular complexity index is 496. The Kier molecular flexibility index (Phi) is 2.31. The van der Waals surface area contributed by atoms with Crippen LogP contribution in [0.4, 0.5) is 11.5 Å². The minimum Gasteiger partial charge on any atom is -0.398 e. The van der Waals surface area contributed by atoms with E-state index in [2.05, 4.69) is 10.3 Å². The van der Waals surface area contributed by atoms with Crippen molar-refractivity contribution in [2.24, 2.45) is 5.92 Å². The number of aromatic nitrogens is 1. The van der Waals surface area contributed by atoms with Gasteiger partial charge in [-0.3, -0.25) is 4.79 Å². The quantitative estimate of drug-likeness (QED) is 0.713. The van der Waals surface area contributed by atoms with E-state index in [0.29, 0.717) is 12.2 Å². The molecule has 0 saturated heterocycles. The zero-order valence-electron chi connectivity index (χ0n) is 10.0. The third-order valence-corrected chi connectivity index (χ3v) is 3.82. The molecule has 2 heterocycles. The van der Waals surface area contributed by atoms with Crippen molar-refractivity contribution in [2.45, 2.75) is 39.0 Å². The number of anilines is 2. The Balaban J connectivity index is 2.13. The van der Waals surface area contributed by atoms with Crippen LogP contribution in [0.5, 0.6) is 0 Å². The molecule has 90 valence electrons. The molecule has 1 atom stereocenters. The highest BCUT2D eigenvalue weighted by Crippen LogP contribution is 2.35. The molecule has 1 amide bonds. The Labute approximate surface area is 101 Å². The molecule has 0 saturated carbocycles. The Morgan fingerprint density at radius 1 is 1.29 bits per heavy atom. The summed E-state index contributed by atoms with van der Waals surface area (Å²) >= 11 is 0. The molecule has 1 aliphatic heterocycles. The first-order valence-corrected chi connectivity index (χ1v) is 6.27. The average molecular weight is 231 g/mol. The van der Waals surface area contributed by atoms with Gasteiger partial charge in [0.2, 0.25) is 5.91 Å². The van der Waals surface area contributed by atoms with Gasteiger partial charge in [0.05, 0.1) is 0 Å². The van der Waals surface area contributed by atoms with Crippen LogP contribution in [-0.4, -0.2) is 10.9 Å². The van der Waals surface area contributed by atoms with E-state index in [9.17, 15) is 4.79 Å². The summed E-state index contributed by atoms with van der Waals surface area (Å²) in [5, 5.41) is 2.87. The number of carbonyl (C=O) groups is 1. The first-order chi connectivity index (χ1) is 8.16. The number of amides is 1. The Morgan fingerprint density at radius 3 is 2.88 bits per heavy atom. The molecular formula is C13H17N3O. The lowest BCUT2D eigenvalue weighted by Crippen LogP contribution is -2.30. The zero-order valence-corrected chi connectivity index (χ0v) is 10.0. The number of nitrogens with zero attached hydrogens (tertiary/aromatic N) is 1. The number of rotatable bonds is 0. The van der Waals surface area contributed by atoms with Gasteiger partial charge in [0.25, 0.3) is 0 Å². The number of hydrogen-bond donors (Lipinski definition) is 2. The van der Waals surface area contributed by atoms with Gasteiger partial charge in [0, 0.05) is 22.9 Å². The minimum absolute atomic E-state index is 0.00626. The molecule has 0 unspecified atom stereocenters. The second-order valence-electron chi connectivity index (χ2n) is 5.08. The summed E-state index contributed by atoms with van der Waals surface area (Å²) in [6.45, 7) is 1.93. The van der Waals surface area contributed by atoms with Gasteiger partial charge in [-0.15, -0.1) is 0 Å². The van der Waals surface area contributed by atoms with Crippen molar-refractivity contribution in [3.05, 3.63) is 16.8 Å². The molecular weight excluding hydrogens is 214 g/mol. The molecule has 4 nitrogen and oxygen atoms in total. The fraction of sp³-hybridized carbons (Fsp3) is 0.538. The number of aryl methyl sites for hydroxylation is 1. The lowest BCUT2D eigenvalue weighted by Gasteiger charge is -2.27. The summed E-state index contributed by atoms with van der Waals surface area (Å²) in [6, 6.07) is 0. The van der Waals surface area contributed by atoms with E-state index in [1.165, 1.54) is 18.4 Å². The molecule has 1 aromatic rings. The van der Waals surface area contributed by atoms with Crippen molar-refractivity contribution in [2.75, 3.05) is 11.1 Å². The molecule has 17 heavy (non-hydrogen) atoms. The van der Waals surface area contributed by atoms with Crippen LogP contribution >= 0.6 is 0 Å². The largest absolute Gasteiger partial charge is 0.398 e. The maximum absolute atomic E-state index is 11.6. The van der Waals surface area contributed by atoms with Gasteiger partial charge in [-0.25, -0.2) is 4.98 Å². The maximum Gasteiger partial charge on any atom is 0.228 e. The van der Waals surface area contributed by atoms with Gasteiger partial charge >= 0.3 is 0 Å². The van der Waals surface area contributed by atoms with Crippen LogP contribution in [0, 0.1) is 5.92 Å². The van der Waals surface area contributed by atoms with Crippen LogP contribution in [-0.2, 0) is 24.1 Å². The number of hydrogen-bond acceptors (Lipinski definition) is 3. The molecule has 0 spiro atoms. The topological polar surface area (TPSA) is 68.0 Å². The summed E-state index contributed by atoms with van der Waals surface area (Å²) in [5.74, 6) is 0.750. The zero-order chi connectivity index (χ0) is 12.0. The third kappa shape index (κ3) is 1.59. The summed E-state index contributed by atoms with van der Waals surface area (Å²) in [5.41, 5.74) is 10.5. The smallest absolute Gasteiger partial charge is 0.228 e. The first kappa shape index (κ1) is 10.6. The van der Waals surface area contributed by atoms with Crippen LogP contribution in [0.15, 0.2) is 0 Å². The Hall–Kier alpha value is -1.58. The van der Waals surface area contributed by atoms with Crippen molar-refractivity contribution in [3.63, 3.8) is 0 Å². The van der Waals surface area contributed by atoms with E-state index >= 15 is 0 Å². The number of nitrogens with two attached hydrogens (primary N) is 1. The van der Waals surface area contributed by atoms with E-state index in [-0.39, 0.29) is 11.8 Å². The lowest BCUT2D eigenvalue weighted by molar-refractivity contribution is -0.119. The SMILES string of the molecule is C[C@@H]1Cc2c(nc3c(c2N)CCCC3)NC1=O. The number of nitrogen functional groups attached to an aromatic ring is 1. The number of nitrogens with one attached hydrogen (secondary N) is 1. The van der Waals surface area contributed by atoms with Crippen LogP contribution < -0.4 is 11.1 Å².